The van der Waals surface area contributed by atoms with Crippen LogP contribution in [0.4, 0.5) is 0 Å². The first kappa shape index (κ1) is 31.2. The Balaban J connectivity index is 2.68. The van der Waals surface area contributed by atoms with Crippen molar-refractivity contribution in [2.75, 3.05) is 0 Å². The van der Waals surface area contributed by atoms with Gasteiger partial charge in [-0.3, -0.25) is 0 Å². The first-order valence-corrected chi connectivity index (χ1v) is 17.5. The molecule has 0 N–H and O–H groups in total. The Hall–Kier alpha value is 2.65. The molecule has 0 bridgehead atoms. The number of hydrogen-bond acceptors (Lipinski definition) is 0. The van der Waals surface area contributed by atoms with Crippen LogP contribution in [0.5, 0.6) is 0 Å². The molecule has 0 aliphatic rings. The predicted molar refractivity (Wildman–Crippen MR) is 159 cm³/mol. The molecule has 0 radical (unpaired) electrons. The van der Waals surface area contributed by atoms with Gasteiger partial charge in [-0.25, -0.2) is 0 Å². The zero-order chi connectivity index (χ0) is 26.0. The van der Waals surface area contributed by atoms with Gasteiger partial charge in [0.2, 0.25) is 0 Å². The first-order valence-electron chi connectivity index (χ1n) is 8.20. The minimum atomic E-state index is -3.95. The van der Waals surface area contributed by atoms with Crippen LogP contribution in [0.3, 0.4) is 0 Å². The molecule has 180 valence electrons. The molecule has 0 aromatic heterocycles. The number of benzene rings is 3. The standard InChI is InChI=1S/3C6Cl5.Ga/c3*7-2-1-3(8)5(10)6(11)4(2)9;. The molecule has 16 heteroatoms. The number of halogens is 15. The summed E-state index contributed by atoms with van der Waals surface area (Å²) in [4.78, 5) is 0. The topological polar surface area (TPSA) is 0 Å². The summed E-state index contributed by atoms with van der Waals surface area (Å²) in [5, 5.41) is -0.995. The second-order valence-electron chi connectivity index (χ2n) is 6.38. The van der Waals surface area contributed by atoms with Gasteiger partial charge in [-0.15, -0.1) is 0 Å². The summed E-state index contributed by atoms with van der Waals surface area (Å²) in [6.07, 6.45) is 0. The summed E-state index contributed by atoms with van der Waals surface area (Å²) in [6.45, 7) is 0. The molecule has 3 aromatic rings. The molecule has 0 heterocycles. The van der Waals surface area contributed by atoms with E-state index in [0.29, 0.717) is 0 Å². The summed E-state index contributed by atoms with van der Waals surface area (Å²) in [7, 11) is 0. The molecule has 0 saturated carbocycles. The second kappa shape index (κ2) is 12.0. The fourth-order valence-electron chi connectivity index (χ4n) is 3.06. The van der Waals surface area contributed by atoms with Crippen molar-refractivity contribution in [3.63, 3.8) is 0 Å². The Labute approximate surface area is 274 Å². The fourth-order valence-corrected chi connectivity index (χ4v) is 17.9. The average Bonchev–Trinajstić information content (AvgIpc) is 2.81. The van der Waals surface area contributed by atoms with Gasteiger partial charge in [0.15, 0.2) is 0 Å². The monoisotopic (exact) mass is 809 g/mol. The normalized spacial score (nSPS) is 11.4. The van der Waals surface area contributed by atoms with Crippen molar-refractivity contribution in [1.29, 1.82) is 0 Å². The maximum absolute atomic E-state index is 6.63. The fraction of sp³-hybridized carbons (Fsp3) is 0. The molecule has 0 amide bonds. The SMILES string of the molecule is Clc1c(Cl)c(Cl)[c]([Ga]([c]2c(Cl)c(Cl)c(Cl)c(Cl)c2Cl)[c]2c(Cl)c(Cl)c(Cl)c(Cl)c2Cl)c(Cl)c1Cl. The average molecular weight is 818 g/mol. The van der Waals surface area contributed by atoms with Gasteiger partial charge in [0.1, 0.15) is 0 Å². The Morgan fingerprint density at radius 1 is 0.206 bits per heavy atom. The Morgan fingerprint density at radius 2 is 0.324 bits per heavy atom. The molecule has 3 rings (SSSR count). The molecule has 0 atom stereocenters. The molecule has 0 aliphatic carbocycles. The third-order valence-electron chi connectivity index (χ3n) is 4.60. The summed E-state index contributed by atoms with van der Waals surface area (Å²) in [5.74, 6) is 0. The van der Waals surface area contributed by atoms with Crippen molar-refractivity contribution < 1.29 is 0 Å². The summed E-state index contributed by atoms with van der Waals surface area (Å²) in [6, 6.07) is 0. The molecule has 0 nitrogen and oxygen atoms in total. The third kappa shape index (κ3) is 5.22. The van der Waals surface area contributed by atoms with Crippen molar-refractivity contribution in [3.8, 4) is 0 Å². The van der Waals surface area contributed by atoms with Gasteiger partial charge in [-0.05, 0) is 0 Å². The molecule has 3 aromatic carbocycles. The van der Waals surface area contributed by atoms with Crippen molar-refractivity contribution >= 4 is 203 Å². The van der Waals surface area contributed by atoms with Gasteiger partial charge >= 0.3 is 278 Å². The molecular weight excluding hydrogens is 818 g/mol. The van der Waals surface area contributed by atoms with E-state index in [4.69, 9.17) is 174 Å². The molecule has 0 aliphatic heterocycles. The van der Waals surface area contributed by atoms with E-state index in [-0.39, 0.29) is 87.7 Å². The number of hydrogen-bond donors (Lipinski definition) is 0. The second-order valence-corrected chi connectivity index (χ2v) is 17.5. The van der Waals surface area contributed by atoms with Gasteiger partial charge < -0.3 is 0 Å². The van der Waals surface area contributed by atoms with Gasteiger partial charge in [-0.2, -0.15) is 0 Å². The van der Waals surface area contributed by atoms with Crippen LogP contribution in [-0.2, 0) is 0 Å². The van der Waals surface area contributed by atoms with E-state index < -0.39 is 16.2 Å². The van der Waals surface area contributed by atoms with Crippen LogP contribution in [0.1, 0.15) is 0 Å². The third-order valence-corrected chi connectivity index (χ3v) is 21.1. The van der Waals surface area contributed by atoms with Crippen LogP contribution in [0, 0.1) is 0 Å². The van der Waals surface area contributed by atoms with E-state index in [1.165, 1.54) is 0 Å². The zero-order valence-corrected chi connectivity index (χ0v) is 29.0. The molecule has 0 spiro atoms. The predicted octanol–water partition coefficient (Wildman–Crippen LogP) is 12.0. The molecular formula is C18Cl15Ga. The van der Waals surface area contributed by atoms with Crippen LogP contribution in [0.2, 0.25) is 75.3 Å². The Kier molecular flexibility index (Phi) is 11.0. The van der Waals surface area contributed by atoms with E-state index in [9.17, 15) is 0 Å². The van der Waals surface area contributed by atoms with E-state index >= 15 is 0 Å². The van der Waals surface area contributed by atoms with Crippen molar-refractivity contribution in [2.45, 2.75) is 0 Å². The van der Waals surface area contributed by atoms with E-state index in [1.54, 1.807) is 0 Å². The van der Waals surface area contributed by atoms with Gasteiger partial charge in [-0.1, -0.05) is 0 Å². The van der Waals surface area contributed by atoms with E-state index in [1.807, 2.05) is 0 Å². The minimum absolute atomic E-state index is 0.0466. The van der Waals surface area contributed by atoms with Crippen LogP contribution < -0.4 is 12.4 Å². The van der Waals surface area contributed by atoms with E-state index in [2.05, 4.69) is 0 Å². The van der Waals surface area contributed by atoms with Crippen molar-refractivity contribution in [3.05, 3.63) is 75.3 Å². The van der Waals surface area contributed by atoms with Crippen LogP contribution in [-0.4, -0.2) is 16.2 Å². The summed E-state index contributed by atoms with van der Waals surface area (Å²) in [5.41, 5.74) is 0. The first-order chi connectivity index (χ1) is 15.7. The molecule has 0 unspecified atom stereocenters. The quantitative estimate of drug-likeness (QED) is 0.140. The molecule has 0 saturated heterocycles. The van der Waals surface area contributed by atoms with Gasteiger partial charge in [0.05, 0.1) is 0 Å². The maximum atomic E-state index is 6.63. The number of rotatable bonds is 3. The van der Waals surface area contributed by atoms with Crippen LogP contribution >= 0.6 is 174 Å². The van der Waals surface area contributed by atoms with Gasteiger partial charge in [0, 0.05) is 0 Å². The van der Waals surface area contributed by atoms with Crippen LogP contribution in [0.25, 0.3) is 0 Å². The van der Waals surface area contributed by atoms with E-state index in [0.717, 1.165) is 0 Å². The summed E-state index contributed by atoms with van der Waals surface area (Å²) >= 11 is 92.6. The summed E-state index contributed by atoms with van der Waals surface area (Å²) < 4.78 is 0.685. The van der Waals surface area contributed by atoms with Crippen molar-refractivity contribution in [1.82, 2.24) is 0 Å². The molecule has 34 heavy (non-hydrogen) atoms. The van der Waals surface area contributed by atoms with Crippen molar-refractivity contribution in [2.24, 2.45) is 0 Å². The van der Waals surface area contributed by atoms with Gasteiger partial charge in [0.25, 0.3) is 0 Å². The zero-order valence-electron chi connectivity index (χ0n) is 15.2. The Morgan fingerprint density at radius 3 is 0.471 bits per heavy atom. The Bertz CT molecular complexity index is 1110. The van der Waals surface area contributed by atoms with Crippen LogP contribution in [0.15, 0.2) is 0 Å². The molecule has 0 fully saturated rings.